The lowest BCUT2D eigenvalue weighted by Crippen LogP contribution is -2.43. The molecule has 2 atom stereocenters. The van der Waals surface area contributed by atoms with E-state index in [2.05, 4.69) is 18.7 Å². The van der Waals surface area contributed by atoms with Crippen molar-refractivity contribution in [2.75, 3.05) is 26.9 Å². The van der Waals surface area contributed by atoms with Crippen molar-refractivity contribution >= 4 is 5.97 Å². The average molecular weight is 231 g/mol. The molecule has 0 amide bonds. The van der Waals surface area contributed by atoms with Gasteiger partial charge in [0.1, 0.15) is 0 Å². The van der Waals surface area contributed by atoms with Gasteiger partial charge in [-0.1, -0.05) is 6.92 Å². The lowest BCUT2D eigenvalue weighted by Gasteiger charge is -2.32. The van der Waals surface area contributed by atoms with E-state index in [0.717, 1.165) is 6.54 Å². The van der Waals surface area contributed by atoms with Gasteiger partial charge in [-0.25, -0.2) is 0 Å². The molecule has 0 saturated heterocycles. The van der Waals surface area contributed by atoms with Crippen molar-refractivity contribution in [1.29, 1.82) is 0 Å². The largest absolute Gasteiger partial charge is 0.466 e. The van der Waals surface area contributed by atoms with E-state index in [1.54, 1.807) is 7.11 Å². The van der Waals surface area contributed by atoms with Crippen LogP contribution in [0, 0.1) is 0 Å². The maximum Gasteiger partial charge on any atom is 0.307 e. The second-order valence-corrected chi connectivity index (χ2v) is 3.99. The van der Waals surface area contributed by atoms with Gasteiger partial charge in [-0.2, -0.15) is 0 Å². The van der Waals surface area contributed by atoms with Crippen molar-refractivity contribution < 1.29 is 14.3 Å². The van der Waals surface area contributed by atoms with Gasteiger partial charge in [0.25, 0.3) is 0 Å². The summed E-state index contributed by atoms with van der Waals surface area (Å²) < 4.78 is 10.1. The molecular weight excluding hydrogens is 206 g/mol. The van der Waals surface area contributed by atoms with E-state index in [9.17, 15) is 4.79 Å². The summed E-state index contributed by atoms with van der Waals surface area (Å²) in [7, 11) is 1.69. The number of hydrogen-bond acceptors (Lipinski definition) is 4. The summed E-state index contributed by atoms with van der Waals surface area (Å²) in [6.45, 7) is 10.1. The predicted octanol–water partition coefficient (Wildman–Crippen LogP) is 1.68. The lowest BCUT2D eigenvalue weighted by molar-refractivity contribution is -0.144. The minimum absolute atomic E-state index is 0.127. The molecule has 0 aromatic carbocycles. The summed E-state index contributed by atoms with van der Waals surface area (Å²) in [5.74, 6) is -0.127. The Morgan fingerprint density at radius 2 is 1.88 bits per heavy atom. The minimum atomic E-state index is -0.127. The maximum absolute atomic E-state index is 11.4. The normalized spacial score (nSPS) is 14.9. The van der Waals surface area contributed by atoms with Crippen LogP contribution in [-0.4, -0.2) is 49.8 Å². The topological polar surface area (TPSA) is 38.8 Å². The highest BCUT2D eigenvalue weighted by atomic mass is 16.5. The van der Waals surface area contributed by atoms with Gasteiger partial charge in [-0.15, -0.1) is 0 Å². The SMILES string of the molecule is CCOC(=O)CC(C)N(CC)C(C)COC. The van der Waals surface area contributed by atoms with Gasteiger partial charge >= 0.3 is 5.97 Å². The molecule has 0 bridgehead atoms. The number of ether oxygens (including phenoxy) is 2. The van der Waals surface area contributed by atoms with Crippen molar-refractivity contribution in [2.45, 2.75) is 46.2 Å². The van der Waals surface area contributed by atoms with Crippen LogP contribution in [0.5, 0.6) is 0 Å². The van der Waals surface area contributed by atoms with E-state index in [0.29, 0.717) is 25.7 Å². The Kier molecular flexibility index (Phi) is 8.21. The second kappa shape index (κ2) is 8.53. The van der Waals surface area contributed by atoms with E-state index in [1.807, 2.05) is 13.8 Å². The molecule has 0 aliphatic heterocycles. The number of nitrogens with zero attached hydrogens (tertiary/aromatic N) is 1. The van der Waals surface area contributed by atoms with E-state index >= 15 is 0 Å². The summed E-state index contributed by atoms with van der Waals surface area (Å²) in [4.78, 5) is 13.6. The monoisotopic (exact) mass is 231 g/mol. The summed E-state index contributed by atoms with van der Waals surface area (Å²) >= 11 is 0. The van der Waals surface area contributed by atoms with Gasteiger partial charge in [-0.3, -0.25) is 9.69 Å². The minimum Gasteiger partial charge on any atom is -0.466 e. The molecule has 96 valence electrons. The van der Waals surface area contributed by atoms with Gasteiger partial charge in [0.15, 0.2) is 0 Å². The van der Waals surface area contributed by atoms with Crippen LogP contribution in [0.3, 0.4) is 0 Å². The zero-order chi connectivity index (χ0) is 12.6. The molecule has 0 N–H and O–H groups in total. The molecule has 0 saturated carbocycles. The zero-order valence-electron chi connectivity index (χ0n) is 11.2. The molecule has 4 nitrogen and oxygen atoms in total. The van der Waals surface area contributed by atoms with Crippen molar-refractivity contribution in [3.05, 3.63) is 0 Å². The third kappa shape index (κ3) is 5.47. The fourth-order valence-corrected chi connectivity index (χ4v) is 1.97. The molecule has 0 heterocycles. The Bertz CT molecular complexity index is 197. The fraction of sp³-hybridized carbons (Fsp3) is 0.917. The van der Waals surface area contributed by atoms with Crippen LogP contribution in [0.1, 0.15) is 34.1 Å². The van der Waals surface area contributed by atoms with Crippen LogP contribution in [0.25, 0.3) is 0 Å². The molecule has 0 aromatic rings. The Morgan fingerprint density at radius 3 is 2.31 bits per heavy atom. The highest BCUT2D eigenvalue weighted by Gasteiger charge is 2.21. The number of carbonyl (C=O) groups excluding carboxylic acids is 1. The van der Waals surface area contributed by atoms with Crippen LogP contribution >= 0.6 is 0 Å². The molecule has 4 heteroatoms. The number of methoxy groups -OCH3 is 1. The molecule has 2 unspecified atom stereocenters. The fourth-order valence-electron chi connectivity index (χ4n) is 1.97. The van der Waals surface area contributed by atoms with Gasteiger partial charge in [-0.05, 0) is 27.3 Å². The summed E-state index contributed by atoms with van der Waals surface area (Å²) in [6, 6.07) is 0.508. The molecule has 0 fully saturated rings. The van der Waals surface area contributed by atoms with E-state index < -0.39 is 0 Å². The smallest absolute Gasteiger partial charge is 0.307 e. The van der Waals surface area contributed by atoms with Crippen LogP contribution in [0.15, 0.2) is 0 Å². The van der Waals surface area contributed by atoms with Crippen LogP contribution < -0.4 is 0 Å². The molecule has 0 aliphatic carbocycles. The number of carbonyl (C=O) groups is 1. The van der Waals surface area contributed by atoms with Gasteiger partial charge in [0, 0.05) is 19.2 Å². The lowest BCUT2D eigenvalue weighted by atomic mass is 10.1. The Hall–Kier alpha value is -0.610. The van der Waals surface area contributed by atoms with Gasteiger partial charge < -0.3 is 9.47 Å². The van der Waals surface area contributed by atoms with Crippen molar-refractivity contribution in [1.82, 2.24) is 4.90 Å². The first-order valence-corrected chi connectivity index (χ1v) is 5.97. The molecular formula is C12H25NO3. The van der Waals surface area contributed by atoms with Crippen LogP contribution in [0.2, 0.25) is 0 Å². The molecule has 0 aliphatic rings. The first-order valence-electron chi connectivity index (χ1n) is 5.97. The Labute approximate surface area is 98.9 Å². The van der Waals surface area contributed by atoms with E-state index in [-0.39, 0.29) is 12.0 Å². The zero-order valence-corrected chi connectivity index (χ0v) is 11.2. The van der Waals surface area contributed by atoms with Crippen molar-refractivity contribution in [2.24, 2.45) is 0 Å². The molecule has 16 heavy (non-hydrogen) atoms. The second-order valence-electron chi connectivity index (χ2n) is 3.99. The number of likely N-dealkylation sites (N-methyl/N-ethyl adjacent to an activating group) is 1. The van der Waals surface area contributed by atoms with Gasteiger partial charge in [0.2, 0.25) is 0 Å². The predicted molar refractivity (Wildman–Crippen MR) is 64.4 cm³/mol. The summed E-state index contributed by atoms with van der Waals surface area (Å²) in [5, 5.41) is 0. The number of rotatable bonds is 8. The van der Waals surface area contributed by atoms with Crippen molar-refractivity contribution in [3.63, 3.8) is 0 Å². The maximum atomic E-state index is 11.4. The van der Waals surface area contributed by atoms with E-state index in [4.69, 9.17) is 9.47 Å². The highest BCUT2D eigenvalue weighted by Crippen LogP contribution is 2.10. The number of esters is 1. The number of hydrogen-bond donors (Lipinski definition) is 0. The Morgan fingerprint density at radius 1 is 1.25 bits per heavy atom. The Balaban J connectivity index is 4.18. The van der Waals surface area contributed by atoms with Crippen molar-refractivity contribution in [3.8, 4) is 0 Å². The molecule has 0 radical (unpaired) electrons. The molecule has 0 rings (SSSR count). The first-order chi connectivity index (χ1) is 7.56. The van der Waals surface area contributed by atoms with E-state index in [1.165, 1.54) is 0 Å². The molecule has 0 aromatic heterocycles. The third-order valence-corrected chi connectivity index (χ3v) is 2.67. The van der Waals surface area contributed by atoms with Crippen LogP contribution in [0.4, 0.5) is 0 Å². The highest BCUT2D eigenvalue weighted by molar-refractivity contribution is 5.70. The quantitative estimate of drug-likeness (QED) is 0.596. The standard InChI is InChI=1S/C12H25NO3/c1-6-13(11(4)9-15-5)10(3)8-12(14)16-7-2/h10-11H,6-9H2,1-5H3. The molecule has 0 spiro atoms. The van der Waals surface area contributed by atoms with Crippen LogP contribution in [-0.2, 0) is 14.3 Å². The first kappa shape index (κ1) is 15.4. The summed E-state index contributed by atoms with van der Waals surface area (Å²) in [6.07, 6.45) is 0.440. The average Bonchev–Trinajstić information content (AvgIpc) is 2.19. The third-order valence-electron chi connectivity index (χ3n) is 2.67. The summed E-state index contributed by atoms with van der Waals surface area (Å²) in [5.41, 5.74) is 0. The van der Waals surface area contributed by atoms with Gasteiger partial charge in [0.05, 0.1) is 19.6 Å².